The molecule has 2 heterocycles. The molecule has 4 N–H and O–H groups in total. The SMILES string of the molecule is COc1ccc2c(c1)=CC(=Cc1c(CCc3ccc(N)cc3)[nH][nH]c1=O)N=2. The normalized spacial score (nSPS) is 13.9. The Labute approximate surface area is 155 Å². The van der Waals surface area contributed by atoms with E-state index in [1.807, 2.05) is 54.6 Å². The van der Waals surface area contributed by atoms with Gasteiger partial charge in [-0.2, -0.15) is 0 Å². The monoisotopic (exact) mass is 360 g/mol. The van der Waals surface area contributed by atoms with Crippen LogP contribution in [0.3, 0.4) is 0 Å². The number of fused-ring (bicyclic) bond motifs is 1. The summed E-state index contributed by atoms with van der Waals surface area (Å²) in [6.07, 6.45) is 5.29. The van der Waals surface area contributed by atoms with Crippen molar-refractivity contribution in [1.29, 1.82) is 0 Å². The maximum atomic E-state index is 12.2. The van der Waals surface area contributed by atoms with E-state index in [0.717, 1.165) is 39.8 Å². The molecular weight excluding hydrogens is 340 g/mol. The summed E-state index contributed by atoms with van der Waals surface area (Å²) in [5.41, 5.74) is 9.71. The van der Waals surface area contributed by atoms with Gasteiger partial charge in [-0.15, -0.1) is 0 Å². The van der Waals surface area contributed by atoms with E-state index < -0.39 is 0 Å². The van der Waals surface area contributed by atoms with Gasteiger partial charge in [-0.1, -0.05) is 12.1 Å². The van der Waals surface area contributed by atoms with Crippen molar-refractivity contribution < 1.29 is 4.74 Å². The average molecular weight is 360 g/mol. The summed E-state index contributed by atoms with van der Waals surface area (Å²) in [5.74, 6) is 0.783. The third kappa shape index (κ3) is 3.55. The van der Waals surface area contributed by atoms with Crippen molar-refractivity contribution in [3.8, 4) is 5.75 Å². The smallest absolute Gasteiger partial charge is 0.271 e. The number of aromatic amines is 2. The summed E-state index contributed by atoms with van der Waals surface area (Å²) in [5, 5.41) is 7.52. The molecule has 0 aliphatic carbocycles. The molecule has 3 aromatic rings. The standard InChI is InChI=1S/C21H20N4O2/c1-27-17-7-9-19-14(11-17)10-16(23-19)12-18-20(24-25-21(18)26)8-4-13-2-5-15(22)6-3-13/h2-3,5-7,9-12H,4,8,22H2,1H3,(H2,24,25,26). The molecule has 0 unspecified atom stereocenters. The van der Waals surface area contributed by atoms with Crippen molar-refractivity contribution in [2.45, 2.75) is 12.8 Å². The van der Waals surface area contributed by atoms with Gasteiger partial charge in [-0.05, 0) is 60.9 Å². The van der Waals surface area contributed by atoms with Gasteiger partial charge in [0.05, 0.1) is 23.7 Å². The number of aryl methyl sites for hydroxylation is 2. The maximum absolute atomic E-state index is 12.2. The van der Waals surface area contributed by atoms with Crippen molar-refractivity contribution in [3.05, 3.63) is 85.9 Å². The number of H-pyrrole nitrogens is 2. The van der Waals surface area contributed by atoms with E-state index in [9.17, 15) is 4.79 Å². The Morgan fingerprint density at radius 2 is 1.93 bits per heavy atom. The molecule has 0 saturated carbocycles. The lowest BCUT2D eigenvalue weighted by Gasteiger charge is -2.02. The highest BCUT2D eigenvalue weighted by Gasteiger charge is 2.10. The second-order valence-corrected chi connectivity index (χ2v) is 6.46. The zero-order chi connectivity index (χ0) is 18.8. The van der Waals surface area contributed by atoms with Crippen LogP contribution < -0.4 is 26.6 Å². The Bertz CT molecular complexity index is 1180. The molecule has 1 aliphatic rings. The minimum Gasteiger partial charge on any atom is -0.497 e. The molecule has 6 nitrogen and oxygen atoms in total. The number of nitrogens with one attached hydrogen (secondary N) is 2. The van der Waals surface area contributed by atoms with Crippen LogP contribution in [0.1, 0.15) is 16.8 Å². The predicted molar refractivity (Wildman–Crippen MR) is 106 cm³/mol. The van der Waals surface area contributed by atoms with Gasteiger partial charge in [0.2, 0.25) is 0 Å². The molecule has 27 heavy (non-hydrogen) atoms. The van der Waals surface area contributed by atoms with Crippen molar-refractivity contribution in [2.24, 2.45) is 4.99 Å². The summed E-state index contributed by atoms with van der Waals surface area (Å²) < 4.78 is 5.25. The van der Waals surface area contributed by atoms with Crippen molar-refractivity contribution >= 4 is 17.8 Å². The highest BCUT2D eigenvalue weighted by molar-refractivity contribution is 5.66. The van der Waals surface area contributed by atoms with E-state index >= 15 is 0 Å². The Kier molecular flexibility index (Phi) is 4.38. The summed E-state index contributed by atoms with van der Waals surface area (Å²) in [6, 6.07) is 13.5. The van der Waals surface area contributed by atoms with Crippen molar-refractivity contribution in [1.82, 2.24) is 10.2 Å². The van der Waals surface area contributed by atoms with Gasteiger partial charge in [-0.25, -0.2) is 4.99 Å². The molecule has 6 heteroatoms. The minimum atomic E-state index is -0.146. The number of hydrogen-bond acceptors (Lipinski definition) is 4. The van der Waals surface area contributed by atoms with Gasteiger partial charge >= 0.3 is 0 Å². The molecule has 0 fully saturated rings. The Balaban J connectivity index is 1.60. The molecule has 0 radical (unpaired) electrons. The fourth-order valence-corrected chi connectivity index (χ4v) is 3.14. The van der Waals surface area contributed by atoms with Crippen LogP contribution in [-0.2, 0) is 12.8 Å². The molecule has 1 aromatic heterocycles. The van der Waals surface area contributed by atoms with Gasteiger partial charge in [-0.3, -0.25) is 9.89 Å². The number of ether oxygens (including phenoxy) is 1. The van der Waals surface area contributed by atoms with Crippen LogP contribution in [0.5, 0.6) is 5.75 Å². The van der Waals surface area contributed by atoms with Gasteiger partial charge in [0.1, 0.15) is 5.75 Å². The molecule has 2 aromatic carbocycles. The number of allylic oxidation sites excluding steroid dienone is 1. The molecule has 0 amide bonds. The van der Waals surface area contributed by atoms with E-state index in [0.29, 0.717) is 12.0 Å². The predicted octanol–water partition coefficient (Wildman–Crippen LogP) is 1.53. The van der Waals surface area contributed by atoms with Crippen LogP contribution >= 0.6 is 0 Å². The summed E-state index contributed by atoms with van der Waals surface area (Å²) >= 11 is 0. The van der Waals surface area contributed by atoms with Crippen LogP contribution in [0.4, 0.5) is 5.69 Å². The quantitative estimate of drug-likeness (QED) is 0.602. The third-order valence-electron chi connectivity index (χ3n) is 4.62. The Hall–Kier alpha value is -3.54. The fourth-order valence-electron chi connectivity index (χ4n) is 3.14. The third-order valence-corrected chi connectivity index (χ3v) is 4.62. The summed E-state index contributed by atoms with van der Waals surface area (Å²) in [6.45, 7) is 0. The minimum absolute atomic E-state index is 0.146. The number of nitrogens with two attached hydrogens (primary N) is 1. The van der Waals surface area contributed by atoms with Crippen LogP contribution in [0, 0.1) is 0 Å². The highest BCUT2D eigenvalue weighted by Crippen LogP contribution is 2.14. The lowest BCUT2D eigenvalue weighted by Crippen LogP contribution is -2.20. The molecule has 1 aliphatic heterocycles. The second kappa shape index (κ2) is 6.99. The van der Waals surface area contributed by atoms with Gasteiger partial charge < -0.3 is 15.6 Å². The van der Waals surface area contributed by atoms with Crippen molar-refractivity contribution in [2.75, 3.05) is 12.8 Å². The molecule has 136 valence electrons. The summed E-state index contributed by atoms with van der Waals surface area (Å²) in [4.78, 5) is 16.8. The first-order valence-corrected chi connectivity index (χ1v) is 8.72. The van der Waals surface area contributed by atoms with Gasteiger partial charge in [0.25, 0.3) is 5.56 Å². The number of benzene rings is 2. The molecular formula is C21H20N4O2. The lowest BCUT2D eigenvalue weighted by atomic mass is 10.1. The summed E-state index contributed by atoms with van der Waals surface area (Å²) in [7, 11) is 1.64. The van der Waals surface area contributed by atoms with Gasteiger partial charge in [0.15, 0.2) is 0 Å². The molecule has 0 atom stereocenters. The maximum Gasteiger partial charge on any atom is 0.271 e. The average Bonchev–Trinajstić information content (AvgIpc) is 3.24. The van der Waals surface area contributed by atoms with Crippen LogP contribution in [0.15, 0.2) is 57.9 Å². The number of methoxy groups -OCH3 is 1. The zero-order valence-corrected chi connectivity index (χ0v) is 15.0. The molecule has 0 spiro atoms. The first-order valence-electron chi connectivity index (χ1n) is 8.72. The number of hydrogen-bond donors (Lipinski definition) is 3. The number of anilines is 1. The van der Waals surface area contributed by atoms with E-state index in [2.05, 4.69) is 15.2 Å². The van der Waals surface area contributed by atoms with Crippen LogP contribution in [0.2, 0.25) is 0 Å². The van der Waals surface area contributed by atoms with Crippen molar-refractivity contribution in [3.63, 3.8) is 0 Å². The number of nitrogens with zero attached hydrogens (tertiary/aromatic N) is 1. The molecule has 4 rings (SSSR count). The molecule has 0 bridgehead atoms. The van der Waals surface area contributed by atoms with Crippen LogP contribution in [0.25, 0.3) is 12.2 Å². The zero-order valence-electron chi connectivity index (χ0n) is 15.0. The lowest BCUT2D eigenvalue weighted by molar-refractivity contribution is 0.414. The number of rotatable bonds is 5. The largest absolute Gasteiger partial charge is 0.497 e. The Morgan fingerprint density at radius 1 is 1.11 bits per heavy atom. The fraction of sp³-hybridized carbons (Fsp3) is 0.143. The van der Waals surface area contributed by atoms with E-state index in [4.69, 9.17) is 10.5 Å². The first-order chi connectivity index (χ1) is 13.1. The van der Waals surface area contributed by atoms with E-state index in [1.165, 1.54) is 5.56 Å². The molecule has 0 saturated heterocycles. The van der Waals surface area contributed by atoms with Crippen LogP contribution in [-0.4, -0.2) is 17.3 Å². The van der Waals surface area contributed by atoms with E-state index in [1.54, 1.807) is 7.11 Å². The van der Waals surface area contributed by atoms with E-state index in [-0.39, 0.29) is 5.56 Å². The Morgan fingerprint density at radius 3 is 2.70 bits per heavy atom. The number of nitrogen functional groups attached to an aromatic ring is 1. The second-order valence-electron chi connectivity index (χ2n) is 6.46. The highest BCUT2D eigenvalue weighted by atomic mass is 16.5. The van der Waals surface area contributed by atoms with Gasteiger partial charge in [0, 0.05) is 16.6 Å². The topological polar surface area (TPSA) is 96.3 Å². The number of aromatic nitrogens is 2. The first kappa shape index (κ1) is 16.9.